The van der Waals surface area contributed by atoms with Crippen molar-refractivity contribution in [3.63, 3.8) is 0 Å². The third-order valence-electron chi connectivity index (χ3n) is 6.16. The molecule has 1 N–H and O–H groups in total. The van der Waals surface area contributed by atoms with Gasteiger partial charge in [0, 0.05) is 37.5 Å². The van der Waals surface area contributed by atoms with E-state index >= 15 is 0 Å². The number of ether oxygens (including phenoxy) is 2. The molecule has 2 saturated heterocycles. The molecule has 0 unspecified atom stereocenters. The summed E-state index contributed by atoms with van der Waals surface area (Å²) in [6.07, 6.45) is 5.71. The molecular formula is C24H24N2O5. The first-order valence-electron chi connectivity index (χ1n) is 10.6. The van der Waals surface area contributed by atoms with Crippen LogP contribution in [-0.2, 0) is 20.7 Å². The van der Waals surface area contributed by atoms with Gasteiger partial charge in [-0.15, -0.1) is 0 Å². The van der Waals surface area contributed by atoms with Crippen LogP contribution in [0, 0.1) is 0 Å². The highest BCUT2D eigenvalue weighted by Gasteiger charge is 2.47. The van der Waals surface area contributed by atoms with E-state index in [-0.39, 0.29) is 23.5 Å². The predicted octanol–water partition coefficient (Wildman–Crippen LogP) is 3.01. The van der Waals surface area contributed by atoms with Gasteiger partial charge in [0.05, 0.1) is 17.7 Å². The molecule has 5 rings (SSSR count). The highest BCUT2D eigenvalue weighted by atomic mass is 16.5. The zero-order valence-corrected chi connectivity index (χ0v) is 17.3. The van der Waals surface area contributed by atoms with Gasteiger partial charge >= 0.3 is 0 Å². The van der Waals surface area contributed by atoms with E-state index in [1.54, 1.807) is 36.7 Å². The molecule has 1 aromatic carbocycles. The molecule has 3 aliphatic rings. The maximum absolute atomic E-state index is 13.1. The van der Waals surface area contributed by atoms with Gasteiger partial charge in [0.2, 0.25) is 0 Å². The summed E-state index contributed by atoms with van der Waals surface area (Å²) in [6, 6.07) is 8.22. The van der Waals surface area contributed by atoms with Crippen LogP contribution in [0.3, 0.4) is 0 Å². The Labute approximate surface area is 180 Å². The number of carbonyl (C=O) groups excluding carboxylic acids is 2. The molecule has 31 heavy (non-hydrogen) atoms. The molecular weight excluding hydrogens is 396 g/mol. The Morgan fingerprint density at radius 3 is 2.77 bits per heavy atom. The van der Waals surface area contributed by atoms with Gasteiger partial charge in [0.1, 0.15) is 17.6 Å². The van der Waals surface area contributed by atoms with Crippen molar-refractivity contribution in [3.8, 4) is 5.75 Å². The molecule has 0 radical (unpaired) electrons. The molecule has 0 saturated carbocycles. The molecule has 1 aromatic heterocycles. The largest absolute Gasteiger partial charge is 0.507 e. The lowest BCUT2D eigenvalue weighted by atomic mass is 9.95. The van der Waals surface area contributed by atoms with E-state index in [1.807, 2.05) is 13.0 Å². The van der Waals surface area contributed by atoms with Crippen LogP contribution in [-0.4, -0.2) is 52.0 Å². The van der Waals surface area contributed by atoms with Crippen LogP contribution in [0.4, 0.5) is 0 Å². The fraction of sp³-hybridized carbons (Fsp3) is 0.375. The van der Waals surface area contributed by atoms with Gasteiger partial charge in [0.15, 0.2) is 0 Å². The molecule has 0 spiro atoms. The van der Waals surface area contributed by atoms with Crippen molar-refractivity contribution in [2.45, 2.75) is 44.4 Å². The van der Waals surface area contributed by atoms with Gasteiger partial charge in [-0.1, -0.05) is 0 Å². The summed E-state index contributed by atoms with van der Waals surface area (Å²) in [4.78, 5) is 31.7. The van der Waals surface area contributed by atoms with E-state index in [1.165, 1.54) is 4.90 Å². The number of aromatic nitrogens is 1. The minimum Gasteiger partial charge on any atom is -0.507 e. The zero-order valence-electron chi connectivity index (χ0n) is 17.3. The van der Waals surface area contributed by atoms with Crippen LogP contribution < -0.4 is 4.74 Å². The summed E-state index contributed by atoms with van der Waals surface area (Å²) in [5, 5.41) is 11.2. The second kappa shape index (κ2) is 7.81. The number of aliphatic hydroxyl groups is 1. The highest BCUT2D eigenvalue weighted by molar-refractivity contribution is 6.46. The molecule has 4 heterocycles. The smallest absolute Gasteiger partial charge is 0.295 e. The third-order valence-corrected chi connectivity index (χ3v) is 6.16. The van der Waals surface area contributed by atoms with Crippen LogP contribution in [0.15, 0.2) is 48.3 Å². The van der Waals surface area contributed by atoms with Crippen LogP contribution in [0.1, 0.15) is 42.5 Å². The first-order valence-corrected chi connectivity index (χ1v) is 10.6. The van der Waals surface area contributed by atoms with E-state index in [0.717, 1.165) is 36.1 Å². The van der Waals surface area contributed by atoms with Crippen molar-refractivity contribution in [2.75, 3.05) is 13.2 Å². The summed E-state index contributed by atoms with van der Waals surface area (Å²) >= 11 is 0. The van der Waals surface area contributed by atoms with E-state index in [9.17, 15) is 14.7 Å². The van der Waals surface area contributed by atoms with Crippen LogP contribution in [0.2, 0.25) is 0 Å². The summed E-state index contributed by atoms with van der Waals surface area (Å²) in [5.74, 6) is -0.676. The Bertz CT molecular complexity index is 1060. The minimum atomic E-state index is -0.685. The molecule has 2 aromatic rings. The van der Waals surface area contributed by atoms with E-state index in [4.69, 9.17) is 9.47 Å². The third kappa shape index (κ3) is 3.49. The molecule has 2 fully saturated rings. The number of fused-ring (bicyclic) bond motifs is 1. The number of Topliss-reactive ketones (excluding diaryl/α,β-unsaturated/α-hetero) is 1. The summed E-state index contributed by atoms with van der Waals surface area (Å²) in [7, 11) is 0. The Balaban J connectivity index is 1.59. The highest BCUT2D eigenvalue weighted by Crippen LogP contribution is 2.41. The maximum atomic E-state index is 13.1. The van der Waals surface area contributed by atoms with Gasteiger partial charge in [-0.05, 0) is 61.2 Å². The predicted molar refractivity (Wildman–Crippen MR) is 112 cm³/mol. The summed E-state index contributed by atoms with van der Waals surface area (Å²) in [5.41, 5.74) is 2.31. The number of benzene rings is 1. The molecule has 1 amide bonds. The number of carbonyl (C=O) groups is 2. The van der Waals surface area contributed by atoms with Crippen LogP contribution >= 0.6 is 0 Å². The van der Waals surface area contributed by atoms with Crippen LogP contribution in [0.25, 0.3) is 5.76 Å². The fourth-order valence-electron chi connectivity index (χ4n) is 4.69. The lowest BCUT2D eigenvalue weighted by Gasteiger charge is -2.27. The SMILES string of the molecule is C[C@@H]1Cc2cc(C(O)=C3C(=O)C(=O)N(C[C@@H]4CCCO4)[C@@H]3c3ccncc3)ccc2O1. The Morgan fingerprint density at radius 1 is 1.23 bits per heavy atom. The fourth-order valence-corrected chi connectivity index (χ4v) is 4.69. The number of hydrogen-bond acceptors (Lipinski definition) is 6. The summed E-state index contributed by atoms with van der Waals surface area (Å²) < 4.78 is 11.5. The van der Waals surface area contributed by atoms with Gasteiger partial charge in [-0.2, -0.15) is 0 Å². The van der Waals surface area contributed by atoms with Crippen molar-refractivity contribution in [3.05, 3.63) is 65.0 Å². The van der Waals surface area contributed by atoms with E-state index < -0.39 is 17.7 Å². The van der Waals surface area contributed by atoms with E-state index in [2.05, 4.69) is 4.98 Å². The number of ketones is 1. The lowest BCUT2D eigenvalue weighted by Crippen LogP contribution is -2.36. The standard InChI is InChI=1S/C24H24N2O5/c1-14-11-17-12-16(4-5-19(17)31-14)22(27)20-21(15-6-8-25-9-7-15)26(24(29)23(20)28)13-18-3-2-10-30-18/h4-9,12,14,18,21,27H,2-3,10-11,13H2,1H3/t14-,18+,21-/m1/s1. The molecule has 0 aliphatic carbocycles. The number of nitrogens with zero attached hydrogens (tertiary/aromatic N) is 2. The minimum absolute atomic E-state index is 0.0706. The normalized spacial score (nSPS) is 26.9. The molecule has 0 bridgehead atoms. The molecule has 3 aliphatic heterocycles. The second-order valence-corrected chi connectivity index (χ2v) is 8.32. The molecule has 7 heteroatoms. The Hall–Kier alpha value is -3.19. The topological polar surface area (TPSA) is 89.0 Å². The first kappa shape index (κ1) is 19.8. The van der Waals surface area contributed by atoms with Crippen molar-refractivity contribution in [1.29, 1.82) is 0 Å². The van der Waals surface area contributed by atoms with Gasteiger partial charge < -0.3 is 19.5 Å². The van der Waals surface area contributed by atoms with Crippen molar-refractivity contribution in [2.24, 2.45) is 0 Å². The monoisotopic (exact) mass is 420 g/mol. The Kier molecular flexibility index (Phi) is 4.98. The van der Waals surface area contributed by atoms with Gasteiger partial charge in [-0.3, -0.25) is 14.6 Å². The number of pyridine rings is 1. The zero-order chi connectivity index (χ0) is 21.5. The number of likely N-dealkylation sites (tertiary alicyclic amines) is 1. The van der Waals surface area contributed by atoms with E-state index in [0.29, 0.717) is 18.7 Å². The first-order chi connectivity index (χ1) is 15.0. The molecule has 160 valence electrons. The average Bonchev–Trinajstić information content (AvgIpc) is 3.48. The molecule has 7 nitrogen and oxygen atoms in total. The number of aliphatic hydroxyl groups excluding tert-OH is 1. The number of hydrogen-bond donors (Lipinski definition) is 1. The van der Waals surface area contributed by atoms with Crippen molar-refractivity contribution < 1.29 is 24.2 Å². The maximum Gasteiger partial charge on any atom is 0.295 e. The number of amides is 1. The Morgan fingerprint density at radius 2 is 2.03 bits per heavy atom. The second-order valence-electron chi connectivity index (χ2n) is 8.32. The van der Waals surface area contributed by atoms with Crippen LogP contribution in [0.5, 0.6) is 5.75 Å². The lowest BCUT2D eigenvalue weighted by molar-refractivity contribution is -0.140. The molecule has 3 atom stereocenters. The summed E-state index contributed by atoms with van der Waals surface area (Å²) in [6.45, 7) is 2.95. The van der Waals surface area contributed by atoms with Gasteiger partial charge in [0.25, 0.3) is 11.7 Å². The van der Waals surface area contributed by atoms with Gasteiger partial charge in [-0.25, -0.2) is 0 Å². The quantitative estimate of drug-likeness (QED) is 0.465. The average molecular weight is 420 g/mol. The van der Waals surface area contributed by atoms with Crippen molar-refractivity contribution >= 4 is 17.4 Å². The van der Waals surface area contributed by atoms with Crippen molar-refractivity contribution in [1.82, 2.24) is 9.88 Å². The number of rotatable bonds is 4.